The first-order chi connectivity index (χ1) is 23.3. The molecular weight excluding hydrogens is 602 g/mol. The number of carbonyl (C=O) groups is 3. The van der Waals surface area contributed by atoms with Crippen molar-refractivity contribution in [2.24, 2.45) is 0 Å². The zero-order chi connectivity index (χ0) is 34.5. The summed E-state index contributed by atoms with van der Waals surface area (Å²) >= 11 is 0. The van der Waals surface area contributed by atoms with Gasteiger partial charge in [-0.3, -0.25) is 29.7 Å². The molecule has 6 rings (SSSR count). The van der Waals surface area contributed by atoms with Crippen LogP contribution >= 0.6 is 0 Å². The van der Waals surface area contributed by atoms with Crippen molar-refractivity contribution in [2.45, 2.75) is 52.8 Å². The van der Waals surface area contributed by atoms with Gasteiger partial charge in [0.05, 0.1) is 42.3 Å². The van der Waals surface area contributed by atoms with E-state index in [1.165, 1.54) is 9.80 Å². The van der Waals surface area contributed by atoms with E-state index in [2.05, 4.69) is 42.5 Å². The highest BCUT2D eigenvalue weighted by Crippen LogP contribution is 2.28. The number of quaternary nitrogens is 1. The number of fused-ring (bicyclic) bond motifs is 1. The molecule has 48 heavy (non-hydrogen) atoms. The lowest BCUT2D eigenvalue weighted by Crippen LogP contribution is -3.04. The van der Waals surface area contributed by atoms with Gasteiger partial charge in [-0.1, -0.05) is 80.6 Å². The van der Waals surface area contributed by atoms with Crippen molar-refractivity contribution in [3.8, 4) is 11.1 Å². The average Bonchev–Trinajstić information content (AvgIpc) is 3.35. The number of nitrogens with one attached hydrogen (secondary N) is 2. The lowest BCUT2D eigenvalue weighted by Gasteiger charge is -2.31. The van der Waals surface area contributed by atoms with Gasteiger partial charge in [0.2, 0.25) is 0 Å². The molecule has 2 aliphatic rings. The van der Waals surface area contributed by atoms with Crippen LogP contribution in [-0.2, 0) is 17.8 Å². The second-order valence-corrected chi connectivity index (χ2v) is 11.8. The Morgan fingerprint density at radius 3 is 1.96 bits per heavy atom. The van der Waals surface area contributed by atoms with Crippen molar-refractivity contribution < 1.29 is 24.0 Å². The van der Waals surface area contributed by atoms with E-state index in [4.69, 9.17) is 9.72 Å². The Bertz CT molecular complexity index is 1620. The molecule has 0 bridgehead atoms. The SMILES string of the molecule is CC.CCN1C(=O)c2ccccc2C1=O.C[NH+](C)Cc1cccc(CN2CCC(OC(=O)Nc3ccccc3-c3ccccc3)CC2)n1. The van der Waals surface area contributed by atoms with Gasteiger partial charge < -0.3 is 9.64 Å². The van der Waals surface area contributed by atoms with Gasteiger partial charge in [0.15, 0.2) is 0 Å². The highest BCUT2D eigenvalue weighted by molar-refractivity contribution is 6.21. The number of para-hydroxylation sites is 1. The maximum absolute atomic E-state index is 12.6. The molecule has 0 spiro atoms. The topological polar surface area (TPSA) is 96.3 Å². The summed E-state index contributed by atoms with van der Waals surface area (Å²) in [4.78, 5) is 45.5. The van der Waals surface area contributed by atoms with Crippen LogP contribution in [0.5, 0.6) is 0 Å². The van der Waals surface area contributed by atoms with Gasteiger partial charge in [-0.2, -0.15) is 0 Å². The minimum Gasteiger partial charge on any atom is -0.446 e. The van der Waals surface area contributed by atoms with E-state index in [0.717, 1.165) is 67.2 Å². The number of rotatable bonds is 8. The molecule has 3 amide bonds. The average molecular weight is 651 g/mol. The van der Waals surface area contributed by atoms with Crippen LogP contribution in [0.15, 0.2) is 97.1 Å². The van der Waals surface area contributed by atoms with Crippen molar-refractivity contribution >= 4 is 23.6 Å². The Morgan fingerprint density at radius 1 is 0.792 bits per heavy atom. The summed E-state index contributed by atoms with van der Waals surface area (Å²) in [6.45, 7) is 9.77. The second kappa shape index (κ2) is 17.9. The molecule has 1 aromatic heterocycles. The Balaban J connectivity index is 0.000000288. The number of nitrogens with zero attached hydrogens (tertiary/aromatic N) is 3. The molecule has 0 atom stereocenters. The molecule has 2 aliphatic heterocycles. The fourth-order valence-electron chi connectivity index (χ4n) is 5.77. The molecule has 1 saturated heterocycles. The third kappa shape index (κ3) is 9.59. The van der Waals surface area contributed by atoms with Crippen LogP contribution in [0.25, 0.3) is 11.1 Å². The van der Waals surface area contributed by atoms with Crippen LogP contribution in [0.3, 0.4) is 0 Å². The predicted octanol–water partition coefficient (Wildman–Crippen LogP) is 5.93. The summed E-state index contributed by atoms with van der Waals surface area (Å²) < 4.78 is 5.75. The number of likely N-dealkylation sites (tertiary alicyclic amines) is 1. The number of carbonyl (C=O) groups excluding carboxylic acids is 3. The maximum atomic E-state index is 12.6. The zero-order valence-corrected chi connectivity index (χ0v) is 28.7. The predicted molar refractivity (Wildman–Crippen MR) is 190 cm³/mol. The van der Waals surface area contributed by atoms with Crippen LogP contribution in [0.2, 0.25) is 0 Å². The normalized spacial score (nSPS) is 14.4. The number of ether oxygens (including phenoxy) is 1. The molecule has 3 aromatic carbocycles. The van der Waals surface area contributed by atoms with E-state index in [1.54, 1.807) is 31.2 Å². The van der Waals surface area contributed by atoms with Crippen molar-refractivity contribution in [3.05, 3.63) is 120 Å². The van der Waals surface area contributed by atoms with Gasteiger partial charge in [-0.25, -0.2) is 4.79 Å². The summed E-state index contributed by atoms with van der Waals surface area (Å²) in [5, 5.41) is 2.94. The second-order valence-electron chi connectivity index (χ2n) is 11.8. The van der Waals surface area contributed by atoms with Crippen LogP contribution < -0.4 is 10.2 Å². The van der Waals surface area contributed by atoms with E-state index >= 15 is 0 Å². The number of hydrogen-bond donors (Lipinski definition) is 2. The molecule has 2 N–H and O–H groups in total. The molecule has 1 fully saturated rings. The summed E-state index contributed by atoms with van der Waals surface area (Å²) in [5.41, 5.74) is 6.07. The number of hydrogen-bond acceptors (Lipinski definition) is 6. The molecule has 0 saturated carbocycles. The smallest absolute Gasteiger partial charge is 0.411 e. The first-order valence-electron chi connectivity index (χ1n) is 16.9. The largest absolute Gasteiger partial charge is 0.446 e. The number of benzene rings is 3. The molecule has 252 valence electrons. The number of piperidine rings is 1. The number of amides is 3. The van der Waals surface area contributed by atoms with Gasteiger partial charge in [0, 0.05) is 31.7 Å². The molecule has 0 aliphatic carbocycles. The number of anilines is 1. The third-order valence-corrected chi connectivity index (χ3v) is 8.04. The third-order valence-electron chi connectivity index (χ3n) is 8.04. The van der Waals surface area contributed by atoms with Gasteiger partial charge >= 0.3 is 6.09 Å². The Morgan fingerprint density at radius 2 is 1.35 bits per heavy atom. The van der Waals surface area contributed by atoms with Gasteiger partial charge in [-0.05, 0) is 55.7 Å². The molecule has 9 heteroatoms. The van der Waals surface area contributed by atoms with Crippen LogP contribution in [0.4, 0.5) is 10.5 Å². The Labute approximate surface area is 284 Å². The van der Waals surface area contributed by atoms with E-state index in [1.807, 2.05) is 68.4 Å². The number of aromatic nitrogens is 1. The molecule has 0 radical (unpaired) electrons. The van der Waals surface area contributed by atoms with Crippen molar-refractivity contribution in [3.63, 3.8) is 0 Å². The zero-order valence-electron chi connectivity index (χ0n) is 28.7. The first kappa shape index (κ1) is 36.0. The van der Waals surface area contributed by atoms with Gasteiger partial charge in [-0.15, -0.1) is 0 Å². The summed E-state index contributed by atoms with van der Waals surface area (Å²) in [5.74, 6) is -0.355. The van der Waals surface area contributed by atoms with E-state index < -0.39 is 6.09 Å². The molecular formula is C39H48N5O4+. The van der Waals surface area contributed by atoms with Crippen LogP contribution in [-0.4, -0.2) is 72.5 Å². The Kier molecular flexibility index (Phi) is 13.4. The van der Waals surface area contributed by atoms with Gasteiger partial charge in [0.1, 0.15) is 12.6 Å². The molecule has 4 aromatic rings. The maximum Gasteiger partial charge on any atom is 0.411 e. The highest BCUT2D eigenvalue weighted by Gasteiger charge is 2.33. The standard InChI is InChI=1S/C27H32N4O2.C10H9NO2.C2H6/c1-30(2)19-22-11-8-12-23(28-22)20-31-17-15-24(16-18-31)33-27(32)29-26-14-7-6-13-25(26)21-9-4-3-5-10-21;1-2-11-9(12)7-5-3-4-6-8(7)10(11)13;1-2/h3-14,24H,15-20H2,1-2H3,(H,29,32);3-6H,2H2,1H3;1-2H3/p+1. The van der Waals surface area contributed by atoms with Crippen LogP contribution in [0.1, 0.15) is 65.7 Å². The monoisotopic (exact) mass is 650 g/mol. The molecule has 3 heterocycles. The lowest BCUT2D eigenvalue weighted by molar-refractivity contribution is -0.873. The van der Waals surface area contributed by atoms with Crippen molar-refractivity contribution in [1.82, 2.24) is 14.8 Å². The van der Waals surface area contributed by atoms with Crippen molar-refractivity contribution in [2.75, 3.05) is 39.0 Å². The van der Waals surface area contributed by atoms with Crippen molar-refractivity contribution in [1.29, 1.82) is 0 Å². The van der Waals surface area contributed by atoms with Gasteiger partial charge in [0.25, 0.3) is 11.8 Å². The number of pyridine rings is 1. The summed E-state index contributed by atoms with van der Waals surface area (Å²) in [6.07, 6.45) is 1.20. The molecule has 9 nitrogen and oxygen atoms in total. The van der Waals surface area contributed by atoms with E-state index in [0.29, 0.717) is 17.7 Å². The summed E-state index contributed by atoms with van der Waals surface area (Å²) in [6, 6.07) is 31.0. The van der Waals surface area contributed by atoms with Crippen LogP contribution in [0, 0.1) is 0 Å². The van der Waals surface area contributed by atoms with E-state index in [-0.39, 0.29) is 17.9 Å². The summed E-state index contributed by atoms with van der Waals surface area (Å²) in [7, 11) is 4.27. The Hall–Kier alpha value is -4.86. The highest BCUT2D eigenvalue weighted by atomic mass is 16.6. The minimum atomic E-state index is -0.391. The lowest BCUT2D eigenvalue weighted by atomic mass is 10.0. The fraction of sp³-hybridized carbons (Fsp3) is 0.333. The number of imide groups is 1. The quantitative estimate of drug-likeness (QED) is 0.230. The van der Waals surface area contributed by atoms with E-state index in [9.17, 15) is 14.4 Å². The fourth-order valence-corrected chi connectivity index (χ4v) is 5.77. The molecule has 0 unspecified atom stereocenters. The first-order valence-corrected chi connectivity index (χ1v) is 16.9. The minimum absolute atomic E-state index is 0.0678.